The Labute approximate surface area is 151 Å². The van der Waals surface area contributed by atoms with Gasteiger partial charge in [0, 0.05) is 18.6 Å². The van der Waals surface area contributed by atoms with Crippen molar-refractivity contribution >= 4 is 22.1 Å². The molecule has 25 heavy (non-hydrogen) atoms. The second-order valence-corrected chi connectivity index (χ2v) is 6.35. The molecule has 0 aliphatic carbocycles. The van der Waals surface area contributed by atoms with E-state index >= 15 is 0 Å². The number of rotatable bonds is 8. The number of nitrogens with zero attached hydrogens (tertiary/aromatic N) is 2. The first kappa shape index (κ1) is 19.2. The first-order valence-electron chi connectivity index (χ1n) is 9.10. The summed E-state index contributed by atoms with van der Waals surface area (Å²) in [6.45, 7) is 3.29. The van der Waals surface area contributed by atoms with Crippen molar-refractivity contribution in [3.63, 3.8) is 0 Å². The van der Waals surface area contributed by atoms with Crippen LogP contribution in [-0.4, -0.2) is 12.1 Å². The highest BCUT2D eigenvalue weighted by atomic mass is 16.5. The average molecular weight is 338 g/mol. The number of aryl methyl sites for hydroxylation is 1. The Morgan fingerprint density at radius 2 is 1.60 bits per heavy atom. The Morgan fingerprint density at radius 1 is 0.880 bits per heavy atom. The number of fused-ring (bicyclic) bond motifs is 2. The van der Waals surface area contributed by atoms with E-state index in [2.05, 4.69) is 41.8 Å². The van der Waals surface area contributed by atoms with Crippen LogP contribution < -0.4 is 9.30 Å². The second-order valence-electron chi connectivity index (χ2n) is 6.35. The Balaban J connectivity index is 0.00000225. The van der Waals surface area contributed by atoms with Gasteiger partial charge in [0.1, 0.15) is 12.1 Å². The van der Waals surface area contributed by atoms with Crippen molar-refractivity contribution in [3.05, 3.63) is 49.9 Å². The molecule has 0 aliphatic rings. The van der Waals surface area contributed by atoms with Gasteiger partial charge in [-0.25, -0.2) is 4.98 Å². The molecule has 0 aliphatic heterocycles. The van der Waals surface area contributed by atoms with Crippen molar-refractivity contribution in [1.29, 1.82) is 0 Å². The molecule has 0 N–H and O–H groups in total. The molecule has 134 valence electrons. The molecule has 0 saturated carbocycles. The summed E-state index contributed by atoms with van der Waals surface area (Å²) in [5, 5.41) is 0. The molecule has 0 saturated heterocycles. The summed E-state index contributed by atoms with van der Waals surface area (Å²) in [5.74, 6) is 0.843. The summed E-state index contributed by atoms with van der Waals surface area (Å²) in [5.41, 5.74) is 4.33. The highest BCUT2D eigenvalue weighted by Crippen LogP contribution is 2.23. The third kappa shape index (κ3) is 4.28. The van der Waals surface area contributed by atoms with Gasteiger partial charge in [-0.1, -0.05) is 50.8 Å². The number of ether oxygens (including phenoxy) is 1. The van der Waals surface area contributed by atoms with Crippen molar-refractivity contribution in [1.82, 2.24) is 4.98 Å². The van der Waals surface area contributed by atoms with Crippen LogP contribution in [-0.2, 0) is 6.54 Å². The van der Waals surface area contributed by atoms with Crippen LogP contribution in [0, 0.1) is 7.43 Å². The minimum absolute atomic E-state index is 0. The fourth-order valence-electron chi connectivity index (χ4n) is 3.33. The molecular weight excluding hydrogens is 308 g/mol. The Morgan fingerprint density at radius 3 is 2.40 bits per heavy atom. The quantitative estimate of drug-likeness (QED) is 0.235. The second kappa shape index (κ2) is 9.36. The largest absolute Gasteiger partial charge is 0.494 e. The molecule has 2 aromatic carbocycles. The van der Waals surface area contributed by atoms with Gasteiger partial charge in [0.25, 0.3) is 0 Å². The molecule has 3 rings (SSSR count). The van der Waals surface area contributed by atoms with Gasteiger partial charge in [0.2, 0.25) is 11.0 Å². The molecule has 3 nitrogen and oxygen atoms in total. The molecule has 0 bridgehead atoms. The van der Waals surface area contributed by atoms with Crippen LogP contribution in [0.5, 0.6) is 5.75 Å². The maximum atomic E-state index is 5.53. The predicted molar refractivity (Wildman–Crippen MR) is 106 cm³/mol. The summed E-state index contributed by atoms with van der Waals surface area (Å²) in [6.07, 6.45) is 7.83. The van der Waals surface area contributed by atoms with Gasteiger partial charge in [0.15, 0.2) is 11.3 Å². The highest BCUT2D eigenvalue weighted by molar-refractivity contribution is 5.85. The molecule has 1 aromatic heterocycles. The van der Waals surface area contributed by atoms with Crippen LogP contribution in [0.25, 0.3) is 22.1 Å². The minimum atomic E-state index is 0. The summed E-state index contributed by atoms with van der Waals surface area (Å²) in [6, 6.07) is 14.6. The maximum absolute atomic E-state index is 5.53. The van der Waals surface area contributed by atoms with Gasteiger partial charge in [-0.15, -0.1) is 0 Å². The van der Waals surface area contributed by atoms with E-state index in [9.17, 15) is 0 Å². The van der Waals surface area contributed by atoms with Crippen molar-refractivity contribution in [2.75, 3.05) is 7.11 Å². The van der Waals surface area contributed by atoms with E-state index in [1.807, 2.05) is 12.1 Å². The zero-order valence-electron chi connectivity index (χ0n) is 15.8. The fraction of sp³-hybridized carbons (Fsp3) is 0.409. The molecule has 3 aromatic rings. The Hall–Kier alpha value is -2.16. The van der Waals surface area contributed by atoms with Crippen molar-refractivity contribution < 1.29 is 9.30 Å². The number of aromatic nitrogens is 2. The summed E-state index contributed by atoms with van der Waals surface area (Å²) < 4.78 is 7.93. The number of hydrogen-bond acceptors (Lipinski definition) is 2. The fourth-order valence-corrected chi connectivity index (χ4v) is 3.33. The van der Waals surface area contributed by atoms with Gasteiger partial charge in [0.05, 0.1) is 7.11 Å². The molecular formula is C22H30N2O. The first-order chi connectivity index (χ1) is 11.8. The first-order valence-corrected chi connectivity index (χ1v) is 9.10. The minimum Gasteiger partial charge on any atom is -0.494 e. The normalized spacial score (nSPS) is 10.8. The highest BCUT2D eigenvalue weighted by Gasteiger charge is 2.18. The van der Waals surface area contributed by atoms with Crippen molar-refractivity contribution in [3.8, 4) is 5.75 Å². The molecule has 0 unspecified atom stereocenters. The number of hydrogen-bond donors (Lipinski definition) is 0. The third-order valence-electron chi connectivity index (χ3n) is 4.63. The number of methoxy groups -OCH3 is 1. The smallest absolute Gasteiger partial charge is 0.235 e. The van der Waals surface area contributed by atoms with Crippen LogP contribution in [0.4, 0.5) is 0 Å². The Kier molecular flexibility index (Phi) is 7.17. The Bertz CT molecular complexity index is 814. The lowest BCUT2D eigenvalue weighted by atomic mass is 10.1. The van der Waals surface area contributed by atoms with E-state index in [4.69, 9.17) is 9.72 Å². The number of para-hydroxylation sites is 3. The molecule has 0 spiro atoms. The van der Waals surface area contributed by atoms with E-state index in [1.165, 1.54) is 44.0 Å². The van der Waals surface area contributed by atoms with Gasteiger partial charge in [-0.2, -0.15) is 4.57 Å². The summed E-state index contributed by atoms with van der Waals surface area (Å²) in [4.78, 5) is 4.83. The molecule has 1 heterocycles. The standard InChI is InChI=1S/C21H27N2O.CH3/c1-3-4-5-6-7-10-16-23-18-13-9-8-12-17(18)22-21-19(23)14-11-15-20(21)24-2;/h8-9,11-15H,3-7,10,16H2,1-2H3;1H3/q+1;-1. The van der Waals surface area contributed by atoms with Crippen molar-refractivity contribution in [2.45, 2.75) is 52.0 Å². The van der Waals surface area contributed by atoms with Gasteiger partial charge < -0.3 is 12.2 Å². The average Bonchev–Trinajstić information content (AvgIpc) is 2.63. The van der Waals surface area contributed by atoms with Crippen LogP contribution >= 0.6 is 0 Å². The molecule has 0 radical (unpaired) electrons. The monoisotopic (exact) mass is 338 g/mol. The van der Waals surface area contributed by atoms with Crippen LogP contribution in [0.3, 0.4) is 0 Å². The number of benzene rings is 2. The maximum Gasteiger partial charge on any atom is 0.235 e. The van der Waals surface area contributed by atoms with Crippen LogP contribution in [0.15, 0.2) is 42.5 Å². The zero-order valence-corrected chi connectivity index (χ0v) is 15.8. The summed E-state index contributed by atoms with van der Waals surface area (Å²) in [7, 11) is 1.71. The van der Waals surface area contributed by atoms with Gasteiger partial charge in [-0.3, -0.25) is 0 Å². The van der Waals surface area contributed by atoms with E-state index in [0.29, 0.717) is 0 Å². The SMILES string of the molecule is CCCCCCCC[n+]1c2ccccc2nc2c(OC)cccc21.[CH3-]. The lowest BCUT2D eigenvalue weighted by Crippen LogP contribution is -2.36. The molecule has 0 atom stereocenters. The topological polar surface area (TPSA) is 26.0 Å². The van der Waals surface area contributed by atoms with Crippen LogP contribution in [0.1, 0.15) is 45.4 Å². The zero-order chi connectivity index (χ0) is 16.8. The van der Waals surface area contributed by atoms with E-state index < -0.39 is 0 Å². The van der Waals surface area contributed by atoms with Crippen molar-refractivity contribution in [2.24, 2.45) is 0 Å². The van der Waals surface area contributed by atoms with Crippen LogP contribution in [0.2, 0.25) is 0 Å². The molecule has 0 amide bonds. The number of unbranched alkanes of at least 4 members (excludes halogenated alkanes) is 5. The van der Waals surface area contributed by atoms with Gasteiger partial charge in [-0.05, 0) is 18.6 Å². The summed E-state index contributed by atoms with van der Waals surface area (Å²) >= 11 is 0. The van der Waals surface area contributed by atoms with E-state index in [0.717, 1.165) is 28.8 Å². The lowest BCUT2D eigenvalue weighted by molar-refractivity contribution is -0.646. The molecule has 0 fully saturated rings. The van der Waals surface area contributed by atoms with Gasteiger partial charge >= 0.3 is 0 Å². The lowest BCUT2D eigenvalue weighted by Gasteiger charge is -2.08. The van der Waals surface area contributed by atoms with E-state index in [-0.39, 0.29) is 7.43 Å². The predicted octanol–water partition coefficient (Wildman–Crippen LogP) is 5.49. The molecule has 3 heteroatoms. The van der Waals surface area contributed by atoms with E-state index in [1.54, 1.807) is 7.11 Å². The third-order valence-corrected chi connectivity index (χ3v) is 4.63.